The molecule has 6 heteroatoms. The second-order valence-corrected chi connectivity index (χ2v) is 4.46. The molecule has 1 heterocycles. The van der Waals surface area contributed by atoms with Crippen LogP contribution in [-0.4, -0.2) is 28.6 Å². The molecule has 1 aliphatic rings. The van der Waals surface area contributed by atoms with E-state index in [4.69, 9.17) is 0 Å². The topological polar surface area (TPSA) is 62.2 Å². The predicted molar refractivity (Wildman–Crippen MR) is 61.0 cm³/mol. The van der Waals surface area contributed by atoms with Gasteiger partial charge < -0.3 is 10.6 Å². The number of aromatic nitrogens is 2. The highest BCUT2D eigenvalue weighted by Gasteiger charge is 2.22. The zero-order valence-electron chi connectivity index (χ0n) is 8.95. The molecule has 2 N–H and O–H groups in total. The molecule has 15 heavy (non-hydrogen) atoms. The zero-order chi connectivity index (χ0) is 10.7. The molecule has 82 valence electrons. The molecule has 0 radical (unpaired) electrons. The quantitative estimate of drug-likeness (QED) is 0.586. The summed E-state index contributed by atoms with van der Waals surface area (Å²) in [5.74, 6) is 0.866. The fourth-order valence-electron chi connectivity index (χ4n) is 1.19. The fourth-order valence-corrected chi connectivity index (χ4v) is 1.76. The van der Waals surface area contributed by atoms with Crippen LogP contribution >= 0.6 is 11.5 Å². The highest BCUT2D eigenvalue weighted by atomic mass is 32.1. The van der Waals surface area contributed by atoms with Gasteiger partial charge in [0.1, 0.15) is 0 Å². The third-order valence-electron chi connectivity index (χ3n) is 2.30. The van der Waals surface area contributed by atoms with Gasteiger partial charge in [-0.3, -0.25) is 4.99 Å². The van der Waals surface area contributed by atoms with E-state index in [9.17, 15) is 0 Å². The molecule has 1 aromatic heterocycles. The van der Waals surface area contributed by atoms with Crippen molar-refractivity contribution in [1.82, 2.24) is 20.2 Å². The number of nitrogens with one attached hydrogen (secondary N) is 2. The molecule has 0 spiro atoms. The van der Waals surface area contributed by atoms with Crippen molar-refractivity contribution in [2.45, 2.75) is 32.4 Å². The van der Waals surface area contributed by atoms with Gasteiger partial charge in [0.2, 0.25) is 0 Å². The first-order valence-electron chi connectivity index (χ1n) is 5.04. The molecule has 0 bridgehead atoms. The lowest BCUT2D eigenvalue weighted by molar-refractivity contribution is 0.807. The minimum Gasteiger partial charge on any atom is -0.354 e. The number of nitrogens with zero attached hydrogens (tertiary/aromatic N) is 3. The lowest BCUT2D eigenvalue weighted by Crippen LogP contribution is -2.37. The number of hydrogen-bond donors (Lipinski definition) is 2. The molecule has 0 atom stereocenters. The first kappa shape index (κ1) is 10.4. The van der Waals surface area contributed by atoms with E-state index in [0.29, 0.717) is 6.04 Å². The van der Waals surface area contributed by atoms with Crippen LogP contribution in [0, 0.1) is 6.92 Å². The Hall–Kier alpha value is -1.17. The summed E-state index contributed by atoms with van der Waals surface area (Å²) in [6.07, 6.45) is 2.50. The second kappa shape index (κ2) is 4.57. The maximum Gasteiger partial charge on any atom is 0.191 e. The van der Waals surface area contributed by atoms with Gasteiger partial charge in [-0.15, -0.1) is 5.10 Å². The van der Waals surface area contributed by atoms with Gasteiger partial charge in [0, 0.05) is 13.1 Å². The van der Waals surface area contributed by atoms with Gasteiger partial charge in [0.15, 0.2) is 5.96 Å². The minimum absolute atomic E-state index is 0.622. The molecule has 0 saturated heterocycles. The fraction of sp³-hybridized carbons (Fsp3) is 0.667. The SMILES string of the molecule is CN=C(NCc1snnc1C)NC1CC1. The maximum atomic E-state index is 4.16. The summed E-state index contributed by atoms with van der Waals surface area (Å²) in [5.41, 5.74) is 0.995. The van der Waals surface area contributed by atoms with Gasteiger partial charge in [-0.1, -0.05) is 4.49 Å². The van der Waals surface area contributed by atoms with Gasteiger partial charge in [0.05, 0.1) is 17.1 Å². The molecule has 1 aromatic rings. The van der Waals surface area contributed by atoms with E-state index in [-0.39, 0.29) is 0 Å². The molecule has 2 rings (SSSR count). The highest BCUT2D eigenvalue weighted by molar-refractivity contribution is 7.05. The smallest absolute Gasteiger partial charge is 0.191 e. The van der Waals surface area contributed by atoms with Crippen molar-refractivity contribution in [3.63, 3.8) is 0 Å². The van der Waals surface area contributed by atoms with Crippen LogP contribution in [0.3, 0.4) is 0 Å². The third-order valence-corrected chi connectivity index (χ3v) is 3.13. The van der Waals surface area contributed by atoms with E-state index in [1.165, 1.54) is 24.4 Å². The monoisotopic (exact) mass is 225 g/mol. The highest BCUT2D eigenvalue weighted by Crippen LogP contribution is 2.18. The van der Waals surface area contributed by atoms with Crippen LogP contribution in [0.1, 0.15) is 23.4 Å². The number of hydrogen-bond acceptors (Lipinski definition) is 4. The van der Waals surface area contributed by atoms with Crippen molar-refractivity contribution in [2.24, 2.45) is 4.99 Å². The predicted octanol–water partition coefficient (Wildman–Crippen LogP) is 0.674. The summed E-state index contributed by atoms with van der Waals surface area (Å²) < 4.78 is 3.89. The Kier molecular flexibility index (Phi) is 3.15. The maximum absolute atomic E-state index is 4.16. The molecule has 1 fully saturated rings. The lowest BCUT2D eigenvalue weighted by atomic mass is 10.4. The van der Waals surface area contributed by atoms with Crippen LogP contribution in [0.15, 0.2) is 4.99 Å². The number of rotatable bonds is 3. The summed E-state index contributed by atoms with van der Waals surface area (Å²) in [5, 5.41) is 10.5. The van der Waals surface area contributed by atoms with Gasteiger partial charge in [-0.05, 0) is 31.3 Å². The van der Waals surface area contributed by atoms with Crippen LogP contribution in [0.25, 0.3) is 0 Å². The normalized spacial score (nSPS) is 16.5. The number of aliphatic imine (C=N–C) groups is 1. The van der Waals surface area contributed by atoms with Gasteiger partial charge in [-0.25, -0.2) is 0 Å². The van der Waals surface area contributed by atoms with Crippen molar-refractivity contribution >= 4 is 17.5 Å². The first-order valence-corrected chi connectivity index (χ1v) is 5.82. The summed E-state index contributed by atoms with van der Waals surface area (Å²) >= 11 is 1.43. The molecule has 5 nitrogen and oxygen atoms in total. The summed E-state index contributed by atoms with van der Waals surface area (Å²) in [6.45, 7) is 2.72. The number of aryl methyl sites for hydroxylation is 1. The van der Waals surface area contributed by atoms with Crippen molar-refractivity contribution in [2.75, 3.05) is 7.05 Å². The summed E-state index contributed by atoms with van der Waals surface area (Å²) in [7, 11) is 1.79. The standard InChI is InChI=1S/C9H15N5S/c1-6-8(15-14-13-6)5-11-9(10-2)12-7-3-4-7/h7H,3-5H2,1-2H3,(H2,10,11,12). The Labute approximate surface area is 93.2 Å². The summed E-state index contributed by atoms with van der Waals surface area (Å²) in [6, 6.07) is 0.622. The molecular formula is C9H15N5S. The van der Waals surface area contributed by atoms with Crippen molar-refractivity contribution < 1.29 is 0 Å². The first-order chi connectivity index (χ1) is 7.29. The third kappa shape index (κ3) is 2.89. The average molecular weight is 225 g/mol. The molecule has 0 aliphatic heterocycles. The van der Waals surface area contributed by atoms with Crippen LogP contribution < -0.4 is 10.6 Å². The molecule has 0 unspecified atom stereocenters. The van der Waals surface area contributed by atoms with Gasteiger partial charge in [-0.2, -0.15) is 0 Å². The van der Waals surface area contributed by atoms with Crippen molar-refractivity contribution in [1.29, 1.82) is 0 Å². The minimum atomic E-state index is 0.622. The van der Waals surface area contributed by atoms with Crippen LogP contribution in [0.2, 0.25) is 0 Å². The molecule has 1 aliphatic carbocycles. The van der Waals surface area contributed by atoms with Crippen LogP contribution in [0.4, 0.5) is 0 Å². The van der Waals surface area contributed by atoms with E-state index < -0.39 is 0 Å². The van der Waals surface area contributed by atoms with Crippen molar-refractivity contribution in [3.05, 3.63) is 10.6 Å². The Morgan fingerprint density at radius 1 is 1.60 bits per heavy atom. The van der Waals surface area contributed by atoms with E-state index >= 15 is 0 Å². The van der Waals surface area contributed by atoms with Crippen LogP contribution in [-0.2, 0) is 6.54 Å². The summed E-state index contributed by atoms with van der Waals surface area (Å²) in [4.78, 5) is 5.32. The Balaban J connectivity index is 1.83. The van der Waals surface area contributed by atoms with E-state index in [2.05, 4.69) is 25.2 Å². The Morgan fingerprint density at radius 3 is 2.93 bits per heavy atom. The lowest BCUT2D eigenvalue weighted by Gasteiger charge is -2.09. The second-order valence-electron chi connectivity index (χ2n) is 3.63. The van der Waals surface area contributed by atoms with E-state index in [1.54, 1.807) is 7.05 Å². The molecule has 1 saturated carbocycles. The molecule has 0 aromatic carbocycles. The average Bonchev–Trinajstić information content (AvgIpc) is 2.96. The Morgan fingerprint density at radius 2 is 2.40 bits per heavy atom. The van der Waals surface area contributed by atoms with Crippen molar-refractivity contribution in [3.8, 4) is 0 Å². The molecular weight excluding hydrogens is 210 g/mol. The molecule has 0 amide bonds. The van der Waals surface area contributed by atoms with E-state index in [0.717, 1.165) is 23.1 Å². The Bertz CT molecular complexity index is 355. The zero-order valence-corrected chi connectivity index (χ0v) is 9.77. The largest absolute Gasteiger partial charge is 0.354 e. The van der Waals surface area contributed by atoms with Crippen LogP contribution in [0.5, 0.6) is 0 Å². The van der Waals surface area contributed by atoms with E-state index in [1.807, 2.05) is 6.92 Å². The van der Waals surface area contributed by atoms with Gasteiger partial charge in [0.25, 0.3) is 0 Å². The van der Waals surface area contributed by atoms with Gasteiger partial charge >= 0.3 is 0 Å². The number of guanidine groups is 1.